The minimum Gasteiger partial charge on any atom is -0.506 e. The number of aromatic hydroxyl groups is 1. The summed E-state index contributed by atoms with van der Waals surface area (Å²) >= 11 is 0. The van der Waals surface area contributed by atoms with Crippen LogP contribution in [0.1, 0.15) is 27.4 Å². The zero-order valence-electron chi connectivity index (χ0n) is 11.4. The van der Waals surface area contributed by atoms with Crippen LogP contribution in [-0.2, 0) is 7.05 Å². The third-order valence-electron chi connectivity index (χ3n) is 3.04. The van der Waals surface area contributed by atoms with Crippen LogP contribution in [0, 0.1) is 20.8 Å². The van der Waals surface area contributed by atoms with Gasteiger partial charge in [0.2, 0.25) is 0 Å². The van der Waals surface area contributed by atoms with Crippen LogP contribution >= 0.6 is 0 Å². The molecule has 6 nitrogen and oxygen atoms in total. The lowest BCUT2D eigenvalue weighted by atomic mass is 10.0. The molecule has 3 N–H and O–H groups in total. The van der Waals surface area contributed by atoms with Gasteiger partial charge in [-0.1, -0.05) is 0 Å². The Bertz CT molecular complexity index is 674. The molecule has 19 heavy (non-hydrogen) atoms. The Kier molecular flexibility index (Phi) is 3.01. The third-order valence-corrected chi connectivity index (χ3v) is 3.04. The second kappa shape index (κ2) is 4.38. The molecule has 0 fully saturated rings. The number of amides is 1. The molecule has 0 aromatic carbocycles. The number of hydrogen-bond donors (Lipinski definition) is 2. The van der Waals surface area contributed by atoms with Crippen LogP contribution in [0.25, 0.3) is 11.3 Å². The van der Waals surface area contributed by atoms with E-state index in [0.29, 0.717) is 22.6 Å². The van der Waals surface area contributed by atoms with Gasteiger partial charge in [-0.3, -0.25) is 14.5 Å². The lowest BCUT2D eigenvalue weighted by Crippen LogP contribution is -2.15. The van der Waals surface area contributed by atoms with Crippen molar-refractivity contribution in [3.8, 4) is 17.0 Å². The monoisotopic (exact) mass is 260 g/mol. The fraction of sp³-hybridized carbons (Fsp3) is 0.308. The summed E-state index contributed by atoms with van der Waals surface area (Å²) in [6.07, 6.45) is 0. The number of hydrogen-bond acceptors (Lipinski definition) is 4. The van der Waals surface area contributed by atoms with Gasteiger partial charge in [0.05, 0.1) is 28.3 Å². The first-order valence-electron chi connectivity index (χ1n) is 5.84. The third kappa shape index (κ3) is 2.05. The van der Waals surface area contributed by atoms with E-state index in [1.165, 1.54) is 0 Å². The van der Waals surface area contributed by atoms with Crippen molar-refractivity contribution in [2.75, 3.05) is 0 Å². The second-order valence-electron chi connectivity index (χ2n) is 4.54. The van der Waals surface area contributed by atoms with Crippen LogP contribution in [0.15, 0.2) is 6.07 Å². The van der Waals surface area contributed by atoms with E-state index in [4.69, 9.17) is 5.73 Å². The standard InChI is InChI=1S/C13H16N4O2/c1-6-5-9(17(4)16-6)10-7(2)15-8(3)11(12(10)18)13(14)19/h5H,1-4H3,(H2,14,19)(H,15,18). The minimum atomic E-state index is -0.692. The highest BCUT2D eigenvalue weighted by Crippen LogP contribution is 2.35. The molecule has 0 aliphatic heterocycles. The summed E-state index contributed by atoms with van der Waals surface area (Å²) in [5.74, 6) is -0.830. The fourth-order valence-corrected chi connectivity index (χ4v) is 2.28. The van der Waals surface area contributed by atoms with Gasteiger partial charge in [-0.25, -0.2) is 0 Å². The van der Waals surface area contributed by atoms with E-state index in [0.717, 1.165) is 5.69 Å². The lowest BCUT2D eigenvalue weighted by Gasteiger charge is -2.13. The van der Waals surface area contributed by atoms with Crippen LogP contribution in [0.2, 0.25) is 0 Å². The van der Waals surface area contributed by atoms with Crippen molar-refractivity contribution in [3.63, 3.8) is 0 Å². The van der Waals surface area contributed by atoms with Gasteiger partial charge in [0.1, 0.15) is 11.3 Å². The summed E-state index contributed by atoms with van der Waals surface area (Å²) < 4.78 is 1.64. The fourth-order valence-electron chi connectivity index (χ4n) is 2.28. The molecule has 0 saturated carbocycles. The number of carbonyl (C=O) groups is 1. The molecule has 6 heteroatoms. The highest BCUT2D eigenvalue weighted by Gasteiger charge is 2.22. The second-order valence-corrected chi connectivity index (χ2v) is 4.54. The van der Waals surface area contributed by atoms with Crippen LogP contribution in [0.3, 0.4) is 0 Å². The molecule has 0 atom stereocenters. The zero-order chi connectivity index (χ0) is 14.3. The first-order chi connectivity index (χ1) is 8.82. The van der Waals surface area contributed by atoms with Gasteiger partial charge in [-0.15, -0.1) is 0 Å². The van der Waals surface area contributed by atoms with Crippen molar-refractivity contribution in [3.05, 3.63) is 28.7 Å². The molecule has 1 amide bonds. The van der Waals surface area contributed by atoms with E-state index < -0.39 is 5.91 Å². The number of aromatic nitrogens is 3. The predicted molar refractivity (Wildman–Crippen MR) is 70.8 cm³/mol. The van der Waals surface area contributed by atoms with E-state index in [-0.39, 0.29) is 11.3 Å². The topological polar surface area (TPSA) is 94.0 Å². The average molecular weight is 260 g/mol. The van der Waals surface area contributed by atoms with Crippen LogP contribution in [0.5, 0.6) is 5.75 Å². The highest BCUT2D eigenvalue weighted by atomic mass is 16.3. The first kappa shape index (κ1) is 13.1. The molecule has 2 heterocycles. The Labute approximate surface area is 110 Å². The quantitative estimate of drug-likeness (QED) is 0.848. The summed E-state index contributed by atoms with van der Waals surface area (Å²) in [4.78, 5) is 15.7. The van der Waals surface area contributed by atoms with Crippen LogP contribution < -0.4 is 5.73 Å². The normalized spacial score (nSPS) is 10.7. The number of primary amides is 1. The van der Waals surface area contributed by atoms with E-state index in [2.05, 4.69) is 10.1 Å². The number of pyridine rings is 1. The molecule has 0 aliphatic carbocycles. The summed E-state index contributed by atoms with van der Waals surface area (Å²) in [5, 5.41) is 14.6. The van der Waals surface area contributed by atoms with Crippen molar-refractivity contribution in [2.24, 2.45) is 12.8 Å². The van der Waals surface area contributed by atoms with E-state index in [1.807, 2.05) is 13.0 Å². The van der Waals surface area contributed by atoms with Crippen molar-refractivity contribution in [1.82, 2.24) is 14.8 Å². The van der Waals surface area contributed by atoms with Gasteiger partial charge >= 0.3 is 0 Å². The highest BCUT2D eigenvalue weighted by molar-refractivity contribution is 5.99. The maximum atomic E-state index is 11.4. The Morgan fingerprint density at radius 3 is 2.42 bits per heavy atom. The summed E-state index contributed by atoms with van der Waals surface area (Å²) in [5.41, 5.74) is 8.40. The summed E-state index contributed by atoms with van der Waals surface area (Å²) in [7, 11) is 1.77. The predicted octanol–water partition coefficient (Wildman–Crippen LogP) is 1.21. The van der Waals surface area contributed by atoms with Gasteiger partial charge in [0.15, 0.2) is 0 Å². The maximum Gasteiger partial charge on any atom is 0.254 e. The molecule has 2 aromatic heterocycles. The molecule has 100 valence electrons. The largest absolute Gasteiger partial charge is 0.506 e. The summed E-state index contributed by atoms with van der Waals surface area (Å²) in [6.45, 7) is 5.27. The van der Waals surface area contributed by atoms with E-state index in [1.54, 1.807) is 25.6 Å². The molecule has 0 bridgehead atoms. The van der Waals surface area contributed by atoms with Gasteiger partial charge in [0, 0.05) is 7.05 Å². The molecular formula is C13H16N4O2. The first-order valence-corrected chi connectivity index (χ1v) is 5.84. The SMILES string of the molecule is Cc1cc(-c2c(C)nc(C)c(C(N)=O)c2O)n(C)n1. The van der Waals surface area contributed by atoms with E-state index >= 15 is 0 Å². The van der Waals surface area contributed by atoms with E-state index in [9.17, 15) is 9.90 Å². The molecule has 0 unspecified atom stereocenters. The van der Waals surface area contributed by atoms with Gasteiger partial charge in [-0.2, -0.15) is 5.10 Å². The smallest absolute Gasteiger partial charge is 0.254 e. The van der Waals surface area contributed by atoms with Crippen LogP contribution in [-0.4, -0.2) is 25.8 Å². The van der Waals surface area contributed by atoms with Gasteiger partial charge in [0.25, 0.3) is 5.91 Å². The van der Waals surface area contributed by atoms with Gasteiger partial charge < -0.3 is 10.8 Å². The summed E-state index contributed by atoms with van der Waals surface area (Å²) in [6, 6.07) is 1.82. The molecule has 2 rings (SSSR count). The molecule has 2 aromatic rings. The molecule has 0 spiro atoms. The number of aryl methyl sites for hydroxylation is 4. The number of carbonyl (C=O) groups excluding carboxylic acids is 1. The Morgan fingerprint density at radius 2 is 1.95 bits per heavy atom. The maximum absolute atomic E-state index is 11.4. The lowest BCUT2D eigenvalue weighted by molar-refractivity contribution is 0.0997. The van der Waals surface area contributed by atoms with Crippen LogP contribution in [0.4, 0.5) is 0 Å². The van der Waals surface area contributed by atoms with Crippen molar-refractivity contribution in [2.45, 2.75) is 20.8 Å². The average Bonchev–Trinajstić information content (AvgIpc) is 2.56. The minimum absolute atomic E-state index is 0.0550. The molecule has 0 aliphatic rings. The Hall–Kier alpha value is -2.37. The van der Waals surface area contributed by atoms with Gasteiger partial charge in [-0.05, 0) is 26.8 Å². The number of nitrogens with zero attached hydrogens (tertiary/aromatic N) is 3. The molecule has 0 saturated heterocycles. The molecule has 0 radical (unpaired) electrons. The van der Waals surface area contributed by atoms with Crippen molar-refractivity contribution in [1.29, 1.82) is 0 Å². The number of nitrogens with two attached hydrogens (primary N) is 1. The zero-order valence-corrected chi connectivity index (χ0v) is 11.4. The number of rotatable bonds is 2. The Morgan fingerprint density at radius 1 is 1.32 bits per heavy atom. The van der Waals surface area contributed by atoms with Crippen molar-refractivity contribution >= 4 is 5.91 Å². The molecular weight excluding hydrogens is 244 g/mol. The van der Waals surface area contributed by atoms with Crippen molar-refractivity contribution < 1.29 is 9.90 Å². The Balaban J connectivity index is 2.81.